The van der Waals surface area contributed by atoms with Crippen LogP contribution in [0.3, 0.4) is 0 Å². The first-order chi connectivity index (χ1) is 18.2. The minimum atomic E-state index is -0.0952. The van der Waals surface area contributed by atoms with Crippen molar-refractivity contribution < 1.29 is 4.79 Å². The molecule has 0 unspecified atom stereocenters. The number of hydrogen-bond acceptors (Lipinski definition) is 6. The number of nitrogens with zero attached hydrogens (tertiary/aromatic N) is 6. The van der Waals surface area contributed by atoms with E-state index < -0.39 is 0 Å². The third kappa shape index (κ3) is 4.52. The second kappa shape index (κ2) is 9.58. The number of amides is 1. The molecular formula is C29H23N7O. The number of aromatic nitrogens is 6. The number of rotatable bonds is 6. The monoisotopic (exact) mass is 485 g/mol. The number of aryl methyl sites for hydroxylation is 1. The predicted molar refractivity (Wildman–Crippen MR) is 141 cm³/mol. The lowest BCUT2D eigenvalue weighted by Gasteiger charge is -2.13. The summed E-state index contributed by atoms with van der Waals surface area (Å²) in [7, 11) is 0. The van der Waals surface area contributed by atoms with Crippen LogP contribution in [0.25, 0.3) is 38.9 Å². The van der Waals surface area contributed by atoms with Gasteiger partial charge in [-0.05, 0) is 30.2 Å². The largest absolute Gasteiger partial charge is 0.352 e. The maximum absolute atomic E-state index is 12.3. The molecule has 0 aliphatic carbocycles. The molecule has 1 amide bonds. The Morgan fingerprint density at radius 2 is 1.78 bits per heavy atom. The third-order valence-electron chi connectivity index (χ3n) is 6.30. The summed E-state index contributed by atoms with van der Waals surface area (Å²) in [4.78, 5) is 25.5. The van der Waals surface area contributed by atoms with Crippen molar-refractivity contribution in [1.29, 1.82) is 0 Å². The smallest absolute Gasteiger partial charge is 0.226 e. The summed E-state index contributed by atoms with van der Waals surface area (Å²) in [6.45, 7) is 2.37. The normalized spacial score (nSPS) is 11.2. The summed E-state index contributed by atoms with van der Waals surface area (Å²) in [5.41, 5.74) is 7.26. The van der Waals surface area contributed by atoms with Gasteiger partial charge in [-0.3, -0.25) is 19.2 Å². The molecule has 0 spiro atoms. The van der Waals surface area contributed by atoms with E-state index in [0.29, 0.717) is 12.2 Å². The van der Waals surface area contributed by atoms with Gasteiger partial charge in [0.1, 0.15) is 5.82 Å². The molecule has 1 N–H and O–H groups in total. The Balaban J connectivity index is 1.32. The van der Waals surface area contributed by atoms with Gasteiger partial charge in [0.15, 0.2) is 5.65 Å². The van der Waals surface area contributed by atoms with Crippen molar-refractivity contribution in [1.82, 2.24) is 34.9 Å². The van der Waals surface area contributed by atoms with Gasteiger partial charge in [-0.15, -0.1) is 10.2 Å². The zero-order chi connectivity index (χ0) is 25.2. The maximum Gasteiger partial charge on any atom is 0.226 e. The second-order valence-corrected chi connectivity index (χ2v) is 8.79. The first-order valence-corrected chi connectivity index (χ1v) is 12.0. The van der Waals surface area contributed by atoms with Gasteiger partial charge in [0.25, 0.3) is 0 Å². The number of carbonyl (C=O) groups is 1. The highest BCUT2D eigenvalue weighted by Crippen LogP contribution is 2.34. The van der Waals surface area contributed by atoms with Gasteiger partial charge in [0.2, 0.25) is 5.91 Å². The van der Waals surface area contributed by atoms with Crippen molar-refractivity contribution in [3.8, 4) is 22.4 Å². The number of fused-ring (bicyclic) bond motifs is 3. The fourth-order valence-electron chi connectivity index (χ4n) is 4.40. The van der Waals surface area contributed by atoms with Crippen molar-refractivity contribution in [2.75, 3.05) is 0 Å². The SMILES string of the molecule is Cc1nnc2c3cc(-c4ccccc4)c(-c4ccc(CNC(=O)Cc5cnccn5)cc4)nc3ccn12. The van der Waals surface area contributed by atoms with Crippen molar-refractivity contribution in [3.05, 3.63) is 109 Å². The summed E-state index contributed by atoms with van der Waals surface area (Å²) >= 11 is 0. The number of nitrogens with one attached hydrogen (secondary N) is 1. The van der Waals surface area contributed by atoms with E-state index in [0.717, 1.165) is 50.3 Å². The van der Waals surface area contributed by atoms with Crippen LogP contribution in [0.15, 0.2) is 91.5 Å². The van der Waals surface area contributed by atoms with Crippen LogP contribution in [0.2, 0.25) is 0 Å². The van der Waals surface area contributed by atoms with Crippen LogP contribution in [0.5, 0.6) is 0 Å². The molecule has 37 heavy (non-hydrogen) atoms. The Kier molecular flexibility index (Phi) is 5.82. The number of hydrogen-bond donors (Lipinski definition) is 1. The molecule has 0 bridgehead atoms. The molecule has 8 heteroatoms. The van der Waals surface area contributed by atoms with Crippen molar-refractivity contribution >= 4 is 22.5 Å². The van der Waals surface area contributed by atoms with Gasteiger partial charge in [-0.1, -0.05) is 54.6 Å². The molecular weight excluding hydrogens is 462 g/mol. The molecule has 0 fully saturated rings. The Morgan fingerprint density at radius 1 is 0.946 bits per heavy atom. The Bertz CT molecular complexity index is 1710. The van der Waals surface area contributed by atoms with E-state index in [2.05, 4.69) is 43.7 Å². The molecule has 0 radical (unpaired) electrons. The quantitative estimate of drug-likeness (QED) is 0.371. The van der Waals surface area contributed by atoms with E-state index >= 15 is 0 Å². The van der Waals surface area contributed by atoms with Crippen LogP contribution < -0.4 is 5.32 Å². The van der Waals surface area contributed by atoms with E-state index in [1.807, 2.05) is 66.1 Å². The fraction of sp³-hybridized carbons (Fsp3) is 0.103. The highest BCUT2D eigenvalue weighted by molar-refractivity contribution is 5.98. The Hall–Kier alpha value is -4.98. The van der Waals surface area contributed by atoms with Crippen molar-refractivity contribution in [2.45, 2.75) is 19.9 Å². The van der Waals surface area contributed by atoms with Crippen LogP contribution in [0.1, 0.15) is 17.1 Å². The lowest BCUT2D eigenvalue weighted by Crippen LogP contribution is -2.24. The lowest BCUT2D eigenvalue weighted by molar-refractivity contribution is -0.120. The van der Waals surface area contributed by atoms with E-state index in [1.54, 1.807) is 18.6 Å². The van der Waals surface area contributed by atoms with Gasteiger partial charge < -0.3 is 5.32 Å². The summed E-state index contributed by atoms with van der Waals surface area (Å²) in [6.07, 6.45) is 6.93. The van der Waals surface area contributed by atoms with E-state index in [-0.39, 0.29) is 12.3 Å². The second-order valence-electron chi connectivity index (χ2n) is 8.79. The zero-order valence-electron chi connectivity index (χ0n) is 20.2. The summed E-state index contributed by atoms with van der Waals surface area (Å²) in [5, 5.41) is 12.5. The highest BCUT2D eigenvalue weighted by Gasteiger charge is 2.15. The lowest BCUT2D eigenvalue weighted by atomic mass is 9.97. The molecule has 4 aromatic heterocycles. The molecule has 0 saturated carbocycles. The molecule has 180 valence electrons. The maximum atomic E-state index is 12.3. The third-order valence-corrected chi connectivity index (χ3v) is 6.30. The molecule has 0 aliphatic rings. The first kappa shape index (κ1) is 22.5. The molecule has 4 heterocycles. The Labute approximate surface area is 213 Å². The number of pyridine rings is 2. The topological polar surface area (TPSA) is 98.0 Å². The van der Waals surface area contributed by atoms with Crippen LogP contribution >= 0.6 is 0 Å². The summed E-state index contributed by atoms with van der Waals surface area (Å²) in [5.74, 6) is 0.740. The fourth-order valence-corrected chi connectivity index (χ4v) is 4.40. The molecule has 6 rings (SSSR count). The predicted octanol–water partition coefficient (Wildman–Crippen LogP) is 4.57. The van der Waals surface area contributed by atoms with Crippen LogP contribution in [-0.4, -0.2) is 35.5 Å². The Morgan fingerprint density at radius 3 is 2.57 bits per heavy atom. The number of benzene rings is 2. The molecule has 6 aromatic rings. The van der Waals surface area contributed by atoms with Gasteiger partial charge in [0, 0.05) is 47.8 Å². The van der Waals surface area contributed by atoms with Gasteiger partial charge in [0.05, 0.1) is 23.3 Å². The average Bonchev–Trinajstić information content (AvgIpc) is 3.33. The first-order valence-electron chi connectivity index (χ1n) is 12.0. The molecule has 8 nitrogen and oxygen atoms in total. The van der Waals surface area contributed by atoms with Gasteiger partial charge in [-0.25, -0.2) is 4.98 Å². The highest BCUT2D eigenvalue weighted by atomic mass is 16.1. The number of carbonyl (C=O) groups excluding carboxylic acids is 1. The molecule has 0 saturated heterocycles. The van der Waals surface area contributed by atoms with Gasteiger partial charge in [-0.2, -0.15) is 0 Å². The molecule has 0 aliphatic heterocycles. The van der Waals surface area contributed by atoms with E-state index in [4.69, 9.17) is 4.98 Å². The van der Waals surface area contributed by atoms with Crippen molar-refractivity contribution in [3.63, 3.8) is 0 Å². The van der Waals surface area contributed by atoms with Crippen molar-refractivity contribution in [2.24, 2.45) is 0 Å². The summed E-state index contributed by atoms with van der Waals surface area (Å²) < 4.78 is 1.98. The van der Waals surface area contributed by atoms with Crippen LogP contribution in [0, 0.1) is 6.92 Å². The molecule has 0 atom stereocenters. The minimum absolute atomic E-state index is 0.0952. The zero-order valence-corrected chi connectivity index (χ0v) is 20.2. The van der Waals surface area contributed by atoms with Crippen LogP contribution in [-0.2, 0) is 17.8 Å². The molecule has 2 aromatic carbocycles. The van der Waals surface area contributed by atoms with E-state index in [1.165, 1.54) is 0 Å². The standard InChI is InChI=1S/C29H23N7O/c1-19-34-35-29-25-16-24(21-5-3-2-4-6-21)28(33-26(25)11-14-36(19)29)22-9-7-20(8-10-22)17-32-27(37)15-23-18-30-12-13-31-23/h2-14,16,18H,15,17H2,1H3,(H,32,37). The minimum Gasteiger partial charge on any atom is -0.352 e. The van der Waals surface area contributed by atoms with Gasteiger partial charge >= 0.3 is 0 Å². The summed E-state index contributed by atoms with van der Waals surface area (Å²) in [6, 6.07) is 22.5. The van der Waals surface area contributed by atoms with E-state index in [9.17, 15) is 4.79 Å². The average molecular weight is 486 g/mol. The van der Waals surface area contributed by atoms with Crippen LogP contribution in [0.4, 0.5) is 0 Å².